The highest BCUT2D eigenvalue weighted by atomic mass is 19.1. The second-order valence-electron chi connectivity index (χ2n) is 4.04. The molecule has 2 amide bonds. The Hall–Kier alpha value is -2.76. The van der Waals surface area contributed by atoms with Gasteiger partial charge in [-0.15, -0.1) is 0 Å². The molecular weight excluding hydrogens is 263 g/mol. The van der Waals surface area contributed by atoms with Crippen molar-refractivity contribution >= 4 is 12.0 Å². The topological polar surface area (TPSA) is 70.5 Å². The fourth-order valence-electron chi connectivity index (χ4n) is 1.65. The standard InChI is InChI=1S/C14H11FN2O3/c15-12-5-3-11(4-6-12)13(18)17(14(19)20)9-10-2-1-7-16-8-10/h1-8H,9H2,(H,19,20). The van der Waals surface area contributed by atoms with Gasteiger partial charge in [0.15, 0.2) is 0 Å². The first kappa shape index (κ1) is 13.7. The quantitative estimate of drug-likeness (QED) is 0.933. The lowest BCUT2D eigenvalue weighted by atomic mass is 10.2. The lowest BCUT2D eigenvalue weighted by Gasteiger charge is -2.17. The molecule has 2 rings (SSSR count). The van der Waals surface area contributed by atoms with Gasteiger partial charge in [-0.25, -0.2) is 14.1 Å². The van der Waals surface area contributed by atoms with Gasteiger partial charge in [0.1, 0.15) is 5.82 Å². The van der Waals surface area contributed by atoms with Crippen LogP contribution in [0.25, 0.3) is 0 Å². The average molecular weight is 274 g/mol. The predicted molar refractivity (Wildman–Crippen MR) is 68.5 cm³/mol. The Bertz CT molecular complexity index is 614. The molecule has 2 aromatic rings. The maximum Gasteiger partial charge on any atom is 0.414 e. The maximum atomic E-state index is 12.8. The normalized spacial score (nSPS) is 10.1. The van der Waals surface area contributed by atoms with Gasteiger partial charge in [-0.2, -0.15) is 0 Å². The summed E-state index contributed by atoms with van der Waals surface area (Å²) < 4.78 is 12.8. The van der Waals surface area contributed by atoms with Crippen LogP contribution in [0, 0.1) is 5.82 Å². The second kappa shape index (κ2) is 5.92. The first-order chi connectivity index (χ1) is 9.58. The molecule has 0 saturated heterocycles. The molecular formula is C14H11FN2O3. The third-order valence-electron chi connectivity index (χ3n) is 2.63. The molecule has 0 radical (unpaired) electrons. The summed E-state index contributed by atoms with van der Waals surface area (Å²) in [6.45, 7) is -0.112. The number of hydrogen-bond acceptors (Lipinski definition) is 3. The summed E-state index contributed by atoms with van der Waals surface area (Å²) in [5.74, 6) is -1.20. The molecule has 1 aromatic carbocycles. The fraction of sp³-hybridized carbons (Fsp3) is 0.0714. The van der Waals surface area contributed by atoms with Gasteiger partial charge in [0, 0.05) is 18.0 Å². The number of benzene rings is 1. The van der Waals surface area contributed by atoms with Crippen LogP contribution in [0.5, 0.6) is 0 Å². The highest BCUT2D eigenvalue weighted by molar-refractivity contribution is 6.02. The van der Waals surface area contributed by atoms with Crippen molar-refractivity contribution in [2.75, 3.05) is 0 Å². The summed E-state index contributed by atoms with van der Waals surface area (Å²) in [6.07, 6.45) is 1.66. The van der Waals surface area contributed by atoms with Crippen molar-refractivity contribution in [2.24, 2.45) is 0 Å². The van der Waals surface area contributed by atoms with Gasteiger partial charge in [-0.1, -0.05) is 6.07 Å². The smallest absolute Gasteiger partial charge is 0.414 e. The van der Waals surface area contributed by atoms with E-state index in [1.807, 2.05) is 0 Å². The van der Waals surface area contributed by atoms with Gasteiger partial charge in [0.2, 0.25) is 0 Å². The minimum Gasteiger partial charge on any atom is -0.465 e. The van der Waals surface area contributed by atoms with E-state index < -0.39 is 17.8 Å². The highest BCUT2D eigenvalue weighted by Crippen LogP contribution is 2.11. The molecule has 102 valence electrons. The molecule has 0 aliphatic carbocycles. The van der Waals surface area contributed by atoms with E-state index in [4.69, 9.17) is 5.11 Å². The number of nitrogens with zero attached hydrogens (tertiary/aromatic N) is 2. The monoisotopic (exact) mass is 274 g/mol. The van der Waals surface area contributed by atoms with Crippen LogP contribution in [-0.4, -0.2) is 27.0 Å². The Morgan fingerprint density at radius 2 is 1.90 bits per heavy atom. The van der Waals surface area contributed by atoms with E-state index in [1.165, 1.54) is 18.3 Å². The molecule has 0 saturated carbocycles. The molecule has 0 aliphatic rings. The van der Waals surface area contributed by atoms with Crippen LogP contribution in [0.1, 0.15) is 15.9 Å². The van der Waals surface area contributed by atoms with E-state index in [0.29, 0.717) is 10.5 Å². The SMILES string of the molecule is O=C(O)N(Cc1cccnc1)C(=O)c1ccc(F)cc1. The van der Waals surface area contributed by atoms with E-state index in [-0.39, 0.29) is 12.1 Å². The summed E-state index contributed by atoms with van der Waals surface area (Å²) in [5, 5.41) is 9.13. The molecule has 6 heteroatoms. The van der Waals surface area contributed by atoms with Crippen molar-refractivity contribution in [3.8, 4) is 0 Å². The predicted octanol–water partition coefficient (Wildman–Crippen LogP) is 2.54. The van der Waals surface area contributed by atoms with E-state index in [2.05, 4.69) is 4.98 Å². The van der Waals surface area contributed by atoms with Crippen LogP contribution in [0.2, 0.25) is 0 Å². The number of carbonyl (C=O) groups excluding carboxylic acids is 1. The van der Waals surface area contributed by atoms with Crippen LogP contribution in [0.15, 0.2) is 48.8 Å². The number of carboxylic acid groups (broad SMARTS) is 1. The zero-order valence-corrected chi connectivity index (χ0v) is 10.4. The van der Waals surface area contributed by atoms with Gasteiger partial charge in [-0.3, -0.25) is 9.78 Å². The third kappa shape index (κ3) is 3.17. The molecule has 0 atom stereocenters. The number of halogens is 1. The summed E-state index contributed by atoms with van der Waals surface area (Å²) in [5.41, 5.74) is 0.697. The van der Waals surface area contributed by atoms with Gasteiger partial charge >= 0.3 is 6.09 Å². The van der Waals surface area contributed by atoms with Gasteiger partial charge in [-0.05, 0) is 35.9 Å². The molecule has 1 aromatic heterocycles. The van der Waals surface area contributed by atoms with Crippen molar-refractivity contribution in [2.45, 2.75) is 6.54 Å². The Kier molecular flexibility index (Phi) is 4.05. The summed E-state index contributed by atoms with van der Waals surface area (Å²) in [4.78, 5) is 27.8. The average Bonchev–Trinajstić information content (AvgIpc) is 2.45. The number of aromatic nitrogens is 1. The van der Waals surface area contributed by atoms with Crippen LogP contribution >= 0.6 is 0 Å². The summed E-state index contributed by atoms with van der Waals surface area (Å²) in [6, 6.07) is 8.03. The lowest BCUT2D eigenvalue weighted by molar-refractivity contribution is 0.0729. The van der Waals surface area contributed by atoms with Crippen LogP contribution < -0.4 is 0 Å². The number of rotatable bonds is 3. The maximum absolute atomic E-state index is 12.8. The zero-order chi connectivity index (χ0) is 14.5. The minimum atomic E-state index is -1.37. The van der Waals surface area contributed by atoms with Crippen LogP contribution in [0.3, 0.4) is 0 Å². The Morgan fingerprint density at radius 1 is 1.20 bits per heavy atom. The Labute approximate surface area is 114 Å². The van der Waals surface area contributed by atoms with Crippen molar-refractivity contribution in [3.05, 3.63) is 65.7 Å². The summed E-state index contributed by atoms with van der Waals surface area (Å²) >= 11 is 0. The molecule has 5 nitrogen and oxygen atoms in total. The van der Waals surface area contributed by atoms with Crippen molar-refractivity contribution in [1.29, 1.82) is 0 Å². The molecule has 20 heavy (non-hydrogen) atoms. The first-order valence-corrected chi connectivity index (χ1v) is 5.77. The highest BCUT2D eigenvalue weighted by Gasteiger charge is 2.22. The molecule has 1 heterocycles. The number of imide groups is 1. The zero-order valence-electron chi connectivity index (χ0n) is 10.4. The van der Waals surface area contributed by atoms with E-state index in [0.717, 1.165) is 12.1 Å². The molecule has 0 spiro atoms. The van der Waals surface area contributed by atoms with Crippen molar-refractivity contribution in [3.63, 3.8) is 0 Å². The first-order valence-electron chi connectivity index (χ1n) is 5.77. The van der Waals surface area contributed by atoms with Gasteiger partial charge < -0.3 is 5.11 Å². The van der Waals surface area contributed by atoms with Gasteiger partial charge in [0.05, 0.1) is 6.54 Å². The lowest BCUT2D eigenvalue weighted by Crippen LogP contribution is -2.35. The van der Waals surface area contributed by atoms with Crippen molar-refractivity contribution in [1.82, 2.24) is 9.88 Å². The van der Waals surface area contributed by atoms with Crippen LogP contribution in [0.4, 0.5) is 9.18 Å². The Morgan fingerprint density at radius 3 is 2.45 bits per heavy atom. The number of hydrogen-bond donors (Lipinski definition) is 1. The molecule has 0 fully saturated rings. The van der Waals surface area contributed by atoms with E-state index >= 15 is 0 Å². The Balaban J connectivity index is 2.22. The van der Waals surface area contributed by atoms with E-state index in [9.17, 15) is 14.0 Å². The van der Waals surface area contributed by atoms with Crippen molar-refractivity contribution < 1.29 is 19.1 Å². The second-order valence-corrected chi connectivity index (χ2v) is 4.04. The molecule has 0 unspecified atom stereocenters. The molecule has 0 bridgehead atoms. The largest absolute Gasteiger partial charge is 0.465 e. The molecule has 0 aliphatic heterocycles. The number of amides is 2. The van der Waals surface area contributed by atoms with E-state index in [1.54, 1.807) is 18.3 Å². The third-order valence-corrected chi connectivity index (χ3v) is 2.63. The van der Waals surface area contributed by atoms with Crippen LogP contribution in [-0.2, 0) is 6.54 Å². The fourth-order valence-corrected chi connectivity index (χ4v) is 1.65. The number of pyridine rings is 1. The van der Waals surface area contributed by atoms with Gasteiger partial charge in [0.25, 0.3) is 5.91 Å². The minimum absolute atomic E-state index is 0.109. The number of carbonyl (C=O) groups is 2. The molecule has 1 N–H and O–H groups in total. The summed E-state index contributed by atoms with van der Waals surface area (Å²) in [7, 11) is 0.